The Hall–Kier alpha value is -2.11. The molecular weight excluding hydrogens is 471 g/mol. The van der Waals surface area contributed by atoms with Crippen molar-refractivity contribution in [2.45, 2.75) is 90.1 Å². The van der Waals surface area contributed by atoms with Crippen molar-refractivity contribution in [2.75, 3.05) is 0 Å². The van der Waals surface area contributed by atoms with Crippen molar-refractivity contribution in [3.63, 3.8) is 0 Å². The van der Waals surface area contributed by atoms with Gasteiger partial charge in [0.05, 0.1) is 5.56 Å². The number of halogens is 5. The Kier molecular flexibility index (Phi) is 8.95. The number of hydrogen-bond donors (Lipinski definition) is 0. The molecule has 0 atom stereocenters. The Morgan fingerprint density at radius 3 is 1.75 bits per heavy atom. The van der Waals surface area contributed by atoms with Gasteiger partial charge in [-0.3, -0.25) is 0 Å². The predicted octanol–water partition coefficient (Wildman–Crippen LogP) is 9.58. The smallest absolute Gasteiger partial charge is 0.426 e. The summed E-state index contributed by atoms with van der Waals surface area (Å²) in [5.41, 5.74) is 0.551. The maximum atomic E-state index is 14.5. The lowest BCUT2D eigenvalue weighted by Crippen LogP contribution is -2.26. The summed E-state index contributed by atoms with van der Waals surface area (Å²) < 4.78 is 73.2. The number of hydrogen-bond acceptors (Lipinski definition) is 1. The molecule has 2 fully saturated rings. The zero-order chi connectivity index (χ0) is 25.7. The van der Waals surface area contributed by atoms with Crippen LogP contribution in [0.2, 0.25) is 0 Å². The van der Waals surface area contributed by atoms with Crippen LogP contribution >= 0.6 is 0 Å². The highest BCUT2D eigenvalue weighted by Gasteiger charge is 2.35. The van der Waals surface area contributed by atoms with E-state index in [0.717, 1.165) is 36.2 Å². The van der Waals surface area contributed by atoms with Gasteiger partial charge in [-0.05, 0) is 79.9 Å². The van der Waals surface area contributed by atoms with Gasteiger partial charge in [0, 0.05) is 12.1 Å². The fourth-order valence-corrected chi connectivity index (χ4v) is 6.34. The van der Waals surface area contributed by atoms with Crippen molar-refractivity contribution in [1.82, 2.24) is 0 Å². The van der Waals surface area contributed by atoms with E-state index in [4.69, 9.17) is 0 Å². The van der Waals surface area contributed by atoms with E-state index in [1.165, 1.54) is 76.3 Å². The van der Waals surface area contributed by atoms with E-state index in [0.29, 0.717) is 18.1 Å². The van der Waals surface area contributed by atoms with Crippen LogP contribution < -0.4 is 4.74 Å². The molecule has 0 unspecified atom stereocenters. The first-order chi connectivity index (χ1) is 17.2. The van der Waals surface area contributed by atoms with Crippen molar-refractivity contribution in [3.05, 3.63) is 65.0 Å². The SMILES string of the molecule is CCC[C@H]1CC[C@H]([C@H]2CC[C@H](CCc3ccc(C(F)(F)Oc4cc(F)c(F)c(F)c4)cc3)CC2)CC1. The third-order valence-corrected chi connectivity index (χ3v) is 8.48. The summed E-state index contributed by atoms with van der Waals surface area (Å²) >= 11 is 0. The monoisotopic (exact) mass is 508 g/mol. The Bertz CT molecular complexity index is 950. The van der Waals surface area contributed by atoms with Crippen LogP contribution in [0.25, 0.3) is 0 Å². The van der Waals surface area contributed by atoms with Crippen molar-refractivity contribution in [3.8, 4) is 5.75 Å². The van der Waals surface area contributed by atoms with Crippen LogP contribution in [0.3, 0.4) is 0 Å². The minimum atomic E-state index is -3.80. The molecule has 2 aromatic rings. The van der Waals surface area contributed by atoms with E-state index in [9.17, 15) is 22.0 Å². The molecule has 0 amide bonds. The Morgan fingerprint density at radius 1 is 0.750 bits per heavy atom. The number of rotatable bonds is 9. The predicted molar refractivity (Wildman–Crippen MR) is 131 cm³/mol. The van der Waals surface area contributed by atoms with Gasteiger partial charge >= 0.3 is 6.11 Å². The van der Waals surface area contributed by atoms with E-state index >= 15 is 0 Å². The van der Waals surface area contributed by atoms with E-state index in [2.05, 4.69) is 11.7 Å². The van der Waals surface area contributed by atoms with Gasteiger partial charge in [-0.1, -0.05) is 57.6 Å². The molecule has 0 spiro atoms. The maximum Gasteiger partial charge on any atom is 0.426 e. The molecule has 0 radical (unpaired) electrons. The molecule has 0 heterocycles. The van der Waals surface area contributed by atoms with E-state index in [-0.39, 0.29) is 0 Å². The van der Waals surface area contributed by atoms with Crippen molar-refractivity contribution in [2.24, 2.45) is 23.7 Å². The minimum Gasteiger partial charge on any atom is -0.429 e. The van der Waals surface area contributed by atoms with Gasteiger partial charge < -0.3 is 4.74 Å². The summed E-state index contributed by atoms with van der Waals surface area (Å²) in [6.45, 7) is 2.29. The molecule has 36 heavy (non-hydrogen) atoms. The summed E-state index contributed by atoms with van der Waals surface area (Å²) in [6, 6.07) is 6.67. The summed E-state index contributed by atoms with van der Waals surface area (Å²) in [5, 5.41) is 0. The third kappa shape index (κ3) is 6.80. The van der Waals surface area contributed by atoms with Gasteiger partial charge in [-0.25, -0.2) is 13.2 Å². The zero-order valence-electron chi connectivity index (χ0n) is 21.1. The standard InChI is InChI=1S/C30H37F5O/c1-2-3-20-6-12-23(13-7-20)24-14-8-21(9-15-24)4-5-22-10-16-25(17-11-22)30(34,35)36-26-18-27(31)29(33)28(32)19-26/h10-11,16-21,23-24H,2-9,12-15H2,1H3/t20-,21-,23-,24-. The van der Waals surface area contributed by atoms with Crippen LogP contribution in [0.15, 0.2) is 36.4 Å². The molecule has 2 saturated carbocycles. The topological polar surface area (TPSA) is 9.23 Å². The van der Waals surface area contributed by atoms with Crippen molar-refractivity contribution >= 4 is 0 Å². The van der Waals surface area contributed by atoms with Crippen LogP contribution in [0.4, 0.5) is 22.0 Å². The third-order valence-electron chi connectivity index (χ3n) is 8.48. The number of benzene rings is 2. The van der Waals surface area contributed by atoms with E-state index in [1.54, 1.807) is 12.1 Å². The number of alkyl halides is 2. The summed E-state index contributed by atoms with van der Waals surface area (Å²) in [4.78, 5) is 0. The second-order valence-electron chi connectivity index (χ2n) is 10.9. The maximum absolute atomic E-state index is 14.5. The first kappa shape index (κ1) is 26.9. The van der Waals surface area contributed by atoms with Gasteiger partial charge in [0.25, 0.3) is 0 Å². The van der Waals surface area contributed by atoms with Crippen molar-refractivity contribution in [1.29, 1.82) is 0 Å². The molecular formula is C30H37F5O. The molecule has 0 aromatic heterocycles. The van der Waals surface area contributed by atoms with Gasteiger partial charge in [0.1, 0.15) is 5.75 Å². The summed E-state index contributed by atoms with van der Waals surface area (Å²) in [6.07, 6.45) is 11.6. The fourth-order valence-electron chi connectivity index (χ4n) is 6.34. The molecule has 0 aliphatic heterocycles. The second-order valence-corrected chi connectivity index (χ2v) is 10.9. The molecule has 2 aromatic carbocycles. The molecule has 198 valence electrons. The largest absolute Gasteiger partial charge is 0.429 e. The highest BCUT2D eigenvalue weighted by atomic mass is 19.3. The zero-order valence-corrected chi connectivity index (χ0v) is 21.1. The molecule has 1 nitrogen and oxygen atoms in total. The van der Waals surface area contributed by atoms with Crippen LogP contribution in [-0.2, 0) is 12.5 Å². The lowest BCUT2D eigenvalue weighted by atomic mass is 9.68. The van der Waals surface area contributed by atoms with Crippen LogP contribution in [0.1, 0.15) is 88.7 Å². The second kappa shape index (κ2) is 12.0. The van der Waals surface area contributed by atoms with Gasteiger partial charge in [0.2, 0.25) is 0 Å². The average molecular weight is 509 g/mol. The lowest BCUT2D eigenvalue weighted by Gasteiger charge is -2.38. The molecule has 0 saturated heterocycles. The van der Waals surface area contributed by atoms with Crippen LogP contribution in [0, 0.1) is 41.1 Å². The van der Waals surface area contributed by atoms with Crippen LogP contribution in [0.5, 0.6) is 5.75 Å². The number of ether oxygens (including phenoxy) is 1. The Labute approximate surface area is 211 Å². The van der Waals surface area contributed by atoms with Gasteiger partial charge in [-0.15, -0.1) is 0 Å². The molecule has 6 heteroatoms. The lowest BCUT2D eigenvalue weighted by molar-refractivity contribution is -0.185. The molecule has 0 bridgehead atoms. The molecule has 2 aliphatic carbocycles. The highest BCUT2D eigenvalue weighted by molar-refractivity contribution is 5.29. The summed E-state index contributed by atoms with van der Waals surface area (Å²) in [5.74, 6) is -2.22. The van der Waals surface area contributed by atoms with Gasteiger partial charge in [0.15, 0.2) is 17.5 Å². The van der Waals surface area contributed by atoms with E-state index in [1.807, 2.05) is 0 Å². The average Bonchev–Trinajstić information content (AvgIpc) is 2.87. The quantitative estimate of drug-likeness (QED) is 0.242. The first-order valence-corrected chi connectivity index (χ1v) is 13.6. The van der Waals surface area contributed by atoms with Gasteiger partial charge in [-0.2, -0.15) is 8.78 Å². The Morgan fingerprint density at radius 2 is 1.25 bits per heavy atom. The molecule has 2 aliphatic rings. The normalized spacial score (nSPS) is 25.1. The van der Waals surface area contributed by atoms with Crippen molar-refractivity contribution < 1.29 is 26.7 Å². The summed E-state index contributed by atoms with van der Waals surface area (Å²) in [7, 11) is 0. The minimum absolute atomic E-state index is 0.410. The molecule has 4 rings (SSSR count). The van der Waals surface area contributed by atoms with Crippen LogP contribution in [-0.4, -0.2) is 0 Å². The first-order valence-electron chi connectivity index (χ1n) is 13.6. The highest BCUT2D eigenvalue weighted by Crippen LogP contribution is 2.43. The Balaban J connectivity index is 1.23. The van der Waals surface area contributed by atoms with E-state index < -0.39 is 34.9 Å². The number of aryl methyl sites for hydroxylation is 1. The molecule has 0 N–H and O–H groups in total. The fraction of sp³-hybridized carbons (Fsp3) is 0.600.